The van der Waals surface area contributed by atoms with E-state index in [-0.39, 0.29) is 16.9 Å². The molecule has 118 valence electrons. The minimum Gasteiger partial charge on any atom is -0.393 e. The highest BCUT2D eigenvalue weighted by atomic mass is 16.3. The van der Waals surface area contributed by atoms with Gasteiger partial charge in [0.2, 0.25) is 0 Å². The Morgan fingerprint density at radius 3 is 2.62 bits per heavy atom. The molecule has 2 aliphatic rings. The molecular formula is C20H32O. The van der Waals surface area contributed by atoms with Crippen molar-refractivity contribution in [3.05, 3.63) is 36.5 Å². The van der Waals surface area contributed by atoms with Gasteiger partial charge in [-0.3, -0.25) is 0 Å². The van der Waals surface area contributed by atoms with Gasteiger partial charge in [-0.25, -0.2) is 0 Å². The van der Waals surface area contributed by atoms with E-state index in [2.05, 4.69) is 46.9 Å². The normalized spacial score (nSPS) is 39.8. The summed E-state index contributed by atoms with van der Waals surface area (Å²) in [5.74, 6) is 1.17. The van der Waals surface area contributed by atoms with Gasteiger partial charge in [0.1, 0.15) is 0 Å². The molecule has 2 rings (SSSR count). The molecule has 1 heteroatoms. The fourth-order valence-corrected chi connectivity index (χ4v) is 5.26. The highest BCUT2D eigenvalue weighted by Crippen LogP contribution is 2.61. The van der Waals surface area contributed by atoms with Gasteiger partial charge >= 0.3 is 0 Å². The van der Waals surface area contributed by atoms with Gasteiger partial charge in [-0.05, 0) is 61.7 Å². The molecule has 0 spiro atoms. The second kappa shape index (κ2) is 5.76. The molecule has 21 heavy (non-hydrogen) atoms. The summed E-state index contributed by atoms with van der Waals surface area (Å²) >= 11 is 0. The molecule has 0 aliphatic heterocycles. The largest absolute Gasteiger partial charge is 0.393 e. The van der Waals surface area contributed by atoms with Gasteiger partial charge in [0.15, 0.2) is 0 Å². The van der Waals surface area contributed by atoms with Gasteiger partial charge in [-0.1, -0.05) is 57.2 Å². The highest BCUT2D eigenvalue weighted by Gasteiger charge is 2.54. The third-order valence-electron chi connectivity index (χ3n) is 6.22. The molecule has 0 aromatic rings. The lowest BCUT2D eigenvalue weighted by Gasteiger charge is -2.59. The van der Waals surface area contributed by atoms with Crippen LogP contribution in [0.3, 0.4) is 0 Å². The predicted molar refractivity (Wildman–Crippen MR) is 91.1 cm³/mol. The standard InChI is InChI=1S/C20H32O/c1-7-14(2)8-10-17-15(3)9-11-18-19(4,5)12-16(21)13-20(17,18)6/h7-8,16-18,21H,1,3,9-13H2,2,4-6H3/b14-8-/t16-,17-,18-,20+/m1/s1. The second-order valence-electron chi connectivity index (χ2n) is 8.25. The van der Waals surface area contributed by atoms with Crippen LogP contribution in [0.2, 0.25) is 0 Å². The summed E-state index contributed by atoms with van der Waals surface area (Å²) in [6.07, 6.45) is 9.32. The summed E-state index contributed by atoms with van der Waals surface area (Å²) in [5.41, 5.74) is 3.02. The SMILES string of the molecule is C=C/C(C)=C\C[C@@H]1C(=C)CC[C@@H]2C(C)(C)C[C@@H](O)C[C@@]12C. The molecule has 1 nitrogen and oxygen atoms in total. The molecule has 0 saturated heterocycles. The lowest BCUT2D eigenvalue weighted by molar-refractivity contribution is -0.103. The Kier molecular flexibility index (Phi) is 4.54. The Hall–Kier alpha value is -0.820. The van der Waals surface area contributed by atoms with Crippen molar-refractivity contribution >= 4 is 0 Å². The van der Waals surface area contributed by atoms with Gasteiger partial charge in [0.05, 0.1) is 6.10 Å². The van der Waals surface area contributed by atoms with Crippen LogP contribution < -0.4 is 0 Å². The van der Waals surface area contributed by atoms with Gasteiger partial charge in [-0.15, -0.1) is 0 Å². The Morgan fingerprint density at radius 1 is 1.33 bits per heavy atom. The zero-order valence-corrected chi connectivity index (χ0v) is 14.3. The summed E-state index contributed by atoms with van der Waals surface area (Å²) in [6, 6.07) is 0. The van der Waals surface area contributed by atoms with E-state index < -0.39 is 0 Å². The highest BCUT2D eigenvalue weighted by molar-refractivity contribution is 5.20. The Morgan fingerprint density at radius 2 is 2.00 bits per heavy atom. The quantitative estimate of drug-likeness (QED) is 0.553. The maximum atomic E-state index is 10.4. The van der Waals surface area contributed by atoms with Crippen molar-refractivity contribution in [3.63, 3.8) is 0 Å². The molecule has 0 radical (unpaired) electrons. The van der Waals surface area contributed by atoms with Crippen molar-refractivity contribution in [2.45, 2.75) is 65.9 Å². The van der Waals surface area contributed by atoms with E-state index in [1.54, 1.807) is 0 Å². The molecule has 0 unspecified atom stereocenters. The fraction of sp³-hybridized carbons (Fsp3) is 0.700. The van der Waals surface area contributed by atoms with E-state index >= 15 is 0 Å². The van der Waals surface area contributed by atoms with Crippen LogP contribution in [0.5, 0.6) is 0 Å². The monoisotopic (exact) mass is 288 g/mol. The first-order valence-corrected chi connectivity index (χ1v) is 8.35. The van der Waals surface area contributed by atoms with Crippen LogP contribution in [0, 0.1) is 22.7 Å². The third-order valence-corrected chi connectivity index (χ3v) is 6.22. The van der Waals surface area contributed by atoms with Crippen LogP contribution in [0.25, 0.3) is 0 Å². The minimum atomic E-state index is -0.167. The van der Waals surface area contributed by atoms with Crippen LogP contribution in [0.1, 0.15) is 59.8 Å². The summed E-state index contributed by atoms with van der Waals surface area (Å²) in [5, 5.41) is 10.4. The average molecular weight is 288 g/mol. The molecule has 1 N–H and O–H groups in total. The number of rotatable bonds is 3. The van der Waals surface area contributed by atoms with E-state index in [1.165, 1.54) is 17.6 Å². The first-order chi connectivity index (χ1) is 9.70. The molecule has 2 saturated carbocycles. The van der Waals surface area contributed by atoms with Gasteiger partial charge in [-0.2, -0.15) is 0 Å². The van der Waals surface area contributed by atoms with Gasteiger partial charge in [0.25, 0.3) is 0 Å². The number of aliphatic hydroxyl groups is 1. The van der Waals surface area contributed by atoms with Crippen molar-refractivity contribution in [2.75, 3.05) is 0 Å². The van der Waals surface area contributed by atoms with Crippen LogP contribution in [0.15, 0.2) is 36.5 Å². The number of hydrogen-bond acceptors (Lipinski definition) is 1. The number of fused-ring (bicyclic) bond motifs is 1. The third kappa shape index (κ3) is 3.04. The van der Waals surface area contributed by atoms with Crippen LogP contribution in [-0.2, 0) is 0 Å². The van der Waals surface area contributed by atoms with E-state index in [0.717, 1.165) is 25.7 Å². The molecule has 0 bridgehead atoms. The molecule has 2 aliphatic carbocycles. The van der Waals surface area contributed by atoms with Crippen molar-refractivity contribution in [1.29, 1.82) is 0 Å². The minimum absolute atomic E-state index is 0.167. The van der Waals surface area contributed by atoms with E-state index in [4.69, 9.17) is 0 Å². The Balaban J connectivity index is 2.33. The van der Waals surface area contributed by atoms with Crippen molar-refractivity contribution < 1.29 is 5.11 Å². The number of allylic oxidation sites excluding steroid dienone is 4. The molecular weight excluding hydrogens is 256 g/mol. The molecule has 4 atom stereocenters. The van der Waals surface area contributed by atoms with E-state index in [1.807, 2.05) is 6.08 Å². The van der Waals surface area contributed by atoms with E-state index in [9.17, 15) is 5.11 Å². The topological polar surface area (TPSA) is 20.2 Å². The van der Waals surface area contributed by atoms with Gasteiger partial charge < -0.3 is 5.11 Å². The first-order valence-electron chi connectivity index (χ1n) is 8.35. The van der Waals surface area contributed by atoms with Crippen molar-refractivity contribution in [1.82, 2.24) is 0 Å². The molecule has 0 aromatic heterocycles. The summed E-state index contributed by atoms with van der Waals surface area (Å²) in [4.78, 5) is 0. The molecule has 0 amide bonds. The maximum Gasteiger partial charge on any atom is 0.0551 e. The Bertz CT molecular complexity index is 456. The zero-order valence-electron chi connectivity index (χ0n) is 14.3. The number of hydrogen-bond donors (Lipinski definition) is 1. The average Bonchev–Trinajstić information content (AvgIpc) is 2.35. The lowest BCUT2D eigenvalue weighted by atomic mass is 9.46. The predicted octanol–water partition coefficient (Wildman–Crippen LogP) is 5.28. The van der Waals surface area contributed by atoms with Gasteiger partial charge in [0, 0.05) is 0 Å². The van der Waals surface area contributed by atoms with Crippen LogP contribution in [-0.4, -0.2) is 11.2 Å². The second-order valence-corrected chi connectivity index (χ2v) is 8.25. The van der Waals surface area contributed by atoms with Crippen molar-refractivity contribution in [2.24, 2.45) is 22.7 Å². The summed E-state index contributed by atoms with van der Waals surface area (Å²) in [7, 11) is 0. The summed E-state index contributed by atoms with van der Waals surface area (Å²) in [6.45, 7) is 17.4. The number of aliphatic hydroxyl groups excluding tert-OH is 1. The fourth-order valence-electron chi connectivity index (χ4n) is 5.26. The van der Waals surface area contributed by atoms with Crippen LogP contribution in [0.4, 0.5) is 0 Å². The Labute approximate surface area is 130 Å². The molecule has 0 aromatic carbocycles. The van der Waals surface area contributed by atoms with E-state index in [0.29, 0.717) is 11.8 Å². The maximum absolute atomic E-state index is 10.4. The zero-order chi connectivity index (χ0) is 15.8. The van der Waals surface area contributed by atoms with Crippen LogP contribution >= 0.6 is 0 Å². The molecule has 2 fully saturated rings. The smallest absolute Gasteiger partial charge is 0.0551 e. The first kappa shape index (κ1) is 16.5. The molecule has 0 heterocycles. The summed E-state index contributed by atoms with van der Waals surface area (Å²) < 4.78 is 0. The van der Waals surface area contributed by atoms with Crippen molar-refractivity contribution in [3.8, 4) is 0 Å². The lowest BCUT2D eigenvalue weighted by Crippen LogP contribution is -2.53.